The summed E-state index contributed by atoms with van der Waals surface area (Å²) >= 11 is 0. The van der Waals surface area contributed by atoms with Crippen molar-refractivity contribution in [2.45, 2.75) is 11.8 Å². The Bertz CT molecular complexity index is 355. The largest absolute Gasteiger partial charge is 0.479 e. The molecule has 0 radical (unpaired) electrons. The second-order valence-electron chi connectivity index (χ2n) is 3.99. The molecule has 1 aliphatic heterocycles. The van der Waals surface area contributed by atoms with Gasteiger partial charge in [0.15, 0.2) is 0 Å². The van der Waals surface area contributed by atoms with Gasteiger partial charge in [-0.25, -0.2) is 9.18 Å². The summed E-state index contributed by atoms with van der Waals surface area (Å²) in [5.41, 5.74) is -2.44. The van der Waals surface area contributed by atoms with Crippen molar-refractivity contribution in [2.75, 3.05) is 13.1 Å². The van der Waals surface area contributed by atoms with Crippen LogP contribution in [0.25, 0.3) is 0 Å². The van der Waals surface area contributed by atoms with Crippen LogP contribution in [0, 0.1) is 11.8 Å². The molecule has 1 saturated carbocycles. The molecule has 1 unspecified atom stereocenters. The standard InChI is InChI=1S/C8H7F4NO3/c9-7(6(15)16)3-1-13(2-4(3)7)5(14)8(10,11)12/h3-4H,1-2H2,(H,15,16)/t3-,4+,7?. The highest BCUT2D eigenvalue weighted by Crippen LogP contribution is 2.58. The quantitative estimate of drug-likeness (QED) is 0.677. The lowest BCUT2D eigenvalue weighted by atomic mass is 10.2. The lowest BCUT2D eigenvalue weighted by Gasteiger charge is -2.21. The highest BCUT2D eigenvalue weighted by atomic mass is 19.4. The fraction of sp³-hybridized carbons (Fsp3) is 0.750. The minimum Gasteiger partial charge on any atom is -0.479 e. The van der Waals surface area contributed by atoms with Crippen LogP contribution in [0.2, 0.25) is 0 Å². The normalized spacial score (nSPS) is 37.1. The molecule has 90 valence electrons. The van der Waals surface area contributed by atoms with E-state index < -0.39 is 48.6 Å². The van der Waals surface area contributed by atoms with Gasteiger partial charge in [0.05, 0.1) is 0 Å². The third-order valence-electron chi connectivity index (χ3n) is 3.15. The van der Waals surface area contributed by atoms with E-state index in [9.17, 15) is 27.2 Å². The number of amides is 1. The number of carboxylic acid groups (broad SMARTS) is 1. The predicted octanol–water partition coefficient (Wildman–Crippen LogP) is 0.430. The van der Waals surface area contributed by atoms with Crippen LogP contribution in [0.15, 0.2) is 0 Å². The van der Waals surface area contributed by atoms with Crippen molar-refractivity contribution in [1.82, 2.24) is 4.90 Å². The van der Waals surface area contributed by atoms with Crippen molar-refractivity contribution in [2.24, 2.45) is 11.8 Å². The number of piperidine rings is 1. The van der Waals surface area contributed by atoms with E-state index in [1.54, 1.807) is 0 Å². The van der Waals surface area contributed by atoms with E-state index in [1.165, 1.54) is 0 Å². The molecule has 0 spiro atoms. The molecule has 1 N–H and O–H groups in total. The van der Waals surface area contributed by atoms with Crippen molar-refractivity contribution in [1.29, 1.82) is 0 Å². The molecular weight excluding hydrogens is 234 g/mol. The summed E-state index contributed by atoms with van der Waals surface area (Å²) in [6, 6.07) is 0. The second-order valence-corrected chi connectivity index (χ2v) is 3.99. The summed E-state index contributed by atoms with van der Waals surface area (Å²) in [5.74, 6) is -5.71. The number of carbonyl (C=O) groups excluding carboxylic acids is 1. The van der Waals surface area contributed by atoms with Crippen LogP contribution in [-0.2, 0) is 9.59 Å². The molecule has 3 atom stereocenters. The Balaban J connectivity index is 2.01. The first-order valence-corrected chi connectivity index (χ1v) is 4.47. The number of carbonyl (C=O) groups is 2. The molecule has 4 nitrogen and oxygen atoms in total. The average Bonchev–Trinajstić information content (AvgIpc) is 2.60. The number of alkyl halides is 4. The maximum absolute atomic E-state index is 13.4. The number of nitrogens with zero attached hydrogens (tertiary/aromatic N) is 1. The van der Waals surface area contributed by atoms with Crippen molar-refractivity contribution in [3.8, 4) is 0 Å². The van der Waals surface area contributed by atoms with Gasteiger partial charge in [0, 0.05) is 24.9 Å². The molecule has 0 aromatic heterocycles. The molecule has 1 aliphatic carbocycles. The lowest BCUT2D eigenvalue weighted by Crippen LogP contribution is -2.43. The third-order valence-corrected chi connectivity index (χ3v) is 3.15. The number of fused-ring (bicyclic) bond motifs is 1. The van der Waals surface area contributed by atoms with Gasteiger partial charge >= 0.3 is 18.1 Å². The molecule has 8 heteroatoms. The van der Waals surface area contributed by atoms with Crippen molar-refractivity contribution < 1.29 is 32.3 Å². The monoisotopic (exact) mass is 241 g/mol. The van der Waals surface area contributed by atoms with Gasteiger partial charge in [0.2, 0.25) is 5.67 Å². The van der Waals surface area contributed by atoms with Crippen LogP contribution in [-0.4, -0.2) is 46.8 Å². The first-order valence-electron chi connectivity index (χ1n) is 4.47. The van der Waals surface area contributed by atoms with Gasteiger partial charge < -0.3 is 10.0 Å². The highest BCUT2D eigenvalue weighted by Gasteiger charge is 2.76. The first-order chi connectivity index (χ1) is 7.19. The maximum Gasteiger partial charge on any atom is 0.471 e. The molecule has 0 aromatic carbocycles. The average molecular weight is 241 g/mol. The summed E-state index contributed by atoms with van der Waals surface area (Å²) in [7, 11) is 0. The number of carboxylic acids is 1. The van der Waals surface area contributed by atoms with E-state index in [0.29, 0.717) is 4.90 Å². The van der Waals surface area contributed by atoms with Gasteiger partial charge in [0.25, 0.3) is 0 Å². The predicted molar refractivity (Wildman–Crippen MR) is 41.1 cm³/mol. The zero-order valence-electron chi connectivity index (χ0n) is 7.79. The van der Waals surface area contributed by atoms with E-state index in [-0.39, 0.29) is 0 Å². The van der Waals surface area contributed by atoms with Gasteiger partial charge in [-0.3, -0.25) is 4.79 Å². The zero-order valence-corrected chi connectivity index (χ0v) is 7.79. The summed E-state index contributed by atoms with van der Waals surface area (Å²) in [4.78, 5) is 21.7. The van der Waals surface area contributed by atoms with E-state index in [1.807, 2.05) is 0 Å². The van der Waals surface area contributed by atoms with Gasteiger partial charge in [-0.1, -0.05) is 0 Å². The van der Waals surface area contributed by atoms with E-state index in [2.05, 4.69) is 0 Å². The van der Waals surface area contributed by atoms with Crippen LogP contribution in [0.4, 0.5) is 17.6 Å². The number of rotatable bonds is 1. The summed E-state index contributed by atoms with van der Waals surface area (Å²) in [6.07, 6.45) is -4.99. The fourth-order valence-corrected chi connectivity index (χ4v) is 2.23. The molecule has 1 amide bonds. The van der Waals surface area contributed by atoms with Crippen molar-refractivity contribution >= 4 is 11.9 Å². The van der Waals surface area contributed by atoms with Gasteiger partial charge in [0.1, 0.15) is 0 Å². The molecule has 2 aliphatic rings. The SMILES string of the molecule is O=C(N1C[C@@H]2[C@H](C1)C2(F)C(=O)O)C(F)(F)F. The Morgan fingerprint density at radius 3 is 2.00 bits per heavy atom. The van der Waals surface area contributed by atoms with Crippen molar-refractivity contribution in [3.05, 3.63) is 0 Å². The Kier molecular flexibility index (Phi) is 2.00. The summed E-state index contributed by atoms with van der Waals surface area (Å²) in [6.45, 7) is -0.961. The number of hydrogen-bond acceptors (Lipinski definition) is 2. The van der Waals surface area contributed by atoms with Crippen LogP contribution < -0.4 is 0 Å². The lowest BCUT2D eigenvalue weighted by molar-refractivity contribution is -0.185. The van der Waals surface area contributed by atoms with E-state index >= 15 is 0 Å². The molecule has 1 saturated heterocycles. The Morgan fingerprint density at radius 1 is 1.25 bits per heavy atom. The maximum atomic E-state index is 13.4. The third kappa shape index (κ3) is 1.28. The van der Waals surface area contributed by atoms with Crippen LogP contribution >= 0.6 is 0 Å². The van der Waals surface area contributed by atoms with Crippen molar-refractivity contribution in [3.63, 3.8) is 0 Å². The Hall–Kier alpha value is -1.34. The highest BCUT2D eigenvalue weighted by molar-refractivity contribution is 5.86. The number of halogens is 4. The molecule has 2 fully saturated rings. The van der Waals surface area contributed by atoms with E-state index in [0.717, 1.165) is 0 Å². The van der Waals surface area contributed by atoms with Crippen LogP contribution in [0.1, 0.15) is 0 Å². The molecule has 2 rings (SSSR count). The topological polar surface area (TPSA) is 57.6 Å². The summed E-state index contributed by atoms with van der Waals surface area (Å²) < 4.78 is 49.4. The zero-order chi connectivity index (χ0) is 12.3. The fourth-order valence-electron chi connectivity index (χ4n) is 2.23. The van der Waals surface area contributed by atoms with E-state index in [4.69, 9.17) is 5.11 Å². The van der Waals surface area contributed by atoms with Crippen LogP contribution in [0.5, 0.6) is 0 Å². The molecule has 1 heterocycles. The van der Waals surface area contributed by atoms with Gasteiger partial charge in [-0.2, -0.15) is 13.2 Å². The van der Waals surface area contributed by atoms with Crippen LogP contribution in [0.3, 0.4) is 0 Å². The molecule has 16 heavy (non-hydrogen) atoms. The second kappa shape index (κ2) is 2.86. The Labute approximate surface area is 86.8 Å². The molecule has 0 aromatic rings. The summed E-state index contributed by atoms with van der Waals surface area (Å²) in [5, 5.41) is 8.50. The number of aliphatic carboxylic acids is 1. The molecule has 0 bridgehead atoms. The van der Waals surface area contributed by atoms with Gasteiger partial charge in [-0.05, 0) is 0 Å². The smallest absolute Gasteiger partial charge is 0.471 e. The minimum atomic E-state index is -4.99. The number of hydrogen-bond donors (Lipinski definition) is 1. The minimum absolute atomic E-state index is 0.454. The Morgan fingerprint density at radius 2 is 1.69 bits per heavy atom. The number of likely N-dealkylation sites (tertiary alicyclic amines) is 1. The first kappa shape index (κ1) is 11.2. The van der Waals surface area contributed by atoms with Gasteiger partial charge in [-0.15, -0.1) is 0 Å². The molecular formula is C8H7F4NO3.